The minimum absolute atomic E-state index is 0.457. The molecule has 8 nitrogen and oxygen atoms in total. The average molecular weight is 367 g/mol. The zero-order valence-electron chi connectivity index (χ0n) is 15.9. The zero-order chi connectivity index (χ0) is 19.1. The van der Waals surface area contributed by atoms with Crippen LogP contribution in [0.25, 0.3) is 11.3 Å². The summed E-state index contributed by atoms with van der Waals surface area (Å²) in [5.41, 5.74) is 2.23. The topological polar surface area (TPSA) is 93.2 Å². The summed E-state index contributed by atoms with van der Waals surface area (Å²) in [6.45, 7) is 6.07. The lowest BCUT2D eigenvalue weighted by molar-refractivity contribution is 0.497. The first-order valence-corrected chi connectivity index (χ1v) is 9.02. The molecule has 2 heterocycles. The van der Waals surface area contributed by atoms with Gasteiger partial charge in [0.05, 0.1) is 12.7 Å². The fourth-order valence-electron chi connectivity index (χ4n) is 2.66. The number of nitrogens with one attached hydrogen (secondary N) is 2. The third-order valence-corrected chi connectivity index (χ3v) is 4.18. The maximum atomic E-state index is 5.82. The second-order valence-corrected chi connectivity index (χ2v) is 6.13. The van der Waals surface area contributed by atoms with Crippen molar-refractivity contribution in [2.24, 2.45) is 4.99 Å². The fraction of sp³-hybridized carbons (Fsp3) is 0.368. The van der Waals surface area contributed by atoms with E-state index in [1.165, 1.54) is 5.56 Å². The molecule has 0 fully saturated rings. The SMILES string of the molecule is CCc1nncn1CCNC(=NC)NCc1ncc(-c2ccc(C)cc2)o1. The number of hydrogen-bond acceptors (Lipinski definition) is 5. The van der Waals surface area contributed by atoms with Crippen molar-refractivity contribution >= 4 is 5.96 Å². The van der Waals surface area contributed by atoms with Gasteiger partial charge >= 0.3 is 0 Å². The van der Waals surface area contributed by atoms with Crippen LogP contribution in [-0.4, -0.2) is 39.3 Å². The maximum absolute atomic E-state index is 5.82. The molecular formula is C19H25N7O. The van der Waals surface area contributed by atoms with E-state index < -0.39 is 0 Å². The Morgan fingerprint density at radius 2 is 2.04 bits per heavy atom. The molecule has 142 valence electrons. The van der Waals surface area contributed by atoms with E-state index in [4.69, 9.17) is 4.42 Å². The third kappa shape index (κ3) is 4.93. The fourth-order valence-corrected chi connectivity index (χ4v) is 2.66. The Bertz CT molecular complexity index is 880. The van der Waals surface area contributed by atoms with Crippen molar-refractivity contribution in [1.82, 2.24) is 30.4 Å². The summed E-state index contributed by atoms with van der Waals surface area (Å²) < 4.78 is 7.85. The molecule has 8 heteroatoms. The Kier molecular flexibility index (Phi) is 6.19. The van der Waals surface area contributed by atoms with Gasteiger partial charge < -0.3 is 19.6 Å². The Labute approximate surface area is 158 Å². The van der Waals surface area contributed by atoms with Crippen molar-refractivity contribution in [3.63, 3.8) is 0 Å². The van der Waals surface area contributed by atoms with Gasteiger partial charge in [-0.15, -0.1) is 10.2 Å². The van der Waals surface area contributed by atoms with Crippen molar-refractivity contribution in [3.8, 4) is 11.3 Å². The standard InChI is InChI=1S/C19H25N7O/c1-4-17-25-24-13-26(17)10-9-21-19(20-3)23-12-18-22-11-16(27-18)15-7-5-14(2)6-8-15/h5-8,11,13H,4,9-10,12H2,1-3H3,(H2,20,21,23). The quantitative estimate of drug-likeness (QED) is 0.491. The third-order valence-electron chi connectivity index (χ3n) is 4.18. The summed E-state index contributed by atoms with van der Waals surface area (Å²) in [5, 5.41) is 14.5. The molecule has 0 radical (unpaired) electrons. The van der Waals surface area contributed by atoms with E-state index in [0.29, 0.717) is 24.9 Å². The Hall–Kier alpha value is -3.16. The number of benzene rings is 1. The van der Waals surface area contributed by atoms with Crippen LogP contribution < -0.4 is 10.6 Å². The van der Waals surface area contributed by atoms with Crippen molar-refractivity contribution in [1.29, 1.82) is 0 Å². The van der Waals surface area contributed by atoms with Crippen LogP contribution in [0.4, 0.5) is 0 Å². The van der Waals surface area contributed by atoms with E-state index in [2.05, 4.69) is 56.8 Å². The molecule has 0 spiro atoms. The van der Waals surface area contributed by atoms with Crippen LogP contribution in [0.15, 0.2) is 46.2 Å². The monoisotopic (exact) mass is 367 g/mol. The molecule has 0 aliphatic carbocycles. The zero-order valence-corrected chi connectivity index (χ0v) is 15.9. The highest BCUT2D eigenvalue weighted by molar-refractivity contribution is 5.79. The van der Waals surface area contributed by atoms with Crippen LogP contribution >= 0.6 is 0 Å². The van der Waals surface area contributed by atoms with Gasteiger partial charge in [0.25, 0.3) is 0 Å². The predicted octanol–water partition coefficient (Wildman–Crippen LogP) is 2.17. The predicted molar refractivity (Wildman–Crippen MR) is 104 cm³/mol. The molecule has 0 unspecified atom stereocenters. The first-order chi connectivity index (χ1) is 13.2. The Morgan fingerprint density at radius 1 is 1.22 bits per heavy atom. The Morgan fingerprint density at radius 3 is 2.78 bits per heavy atom. The molecule has 0 atom stereocenters. The molecule has 2 aromatic heterocycles. The number of guanidine groups is 1. The molecule has 0 aliphatic heterocycles. The van der Waals surface area contributed by atoms with E-state index in [-0.39, 0.29) is 0 Å². The van der Waals surface area contributed by atoms with Crippen LogP contribution in [0.1, 0.15) is 24.2 Å². The van der Waals surface area contributed by atoms with Crippen LogP contribution in [0, 0.1) is 6.92 Å². The van der Waals surface area contributed by atoms with E-state index in [1.54, 1.807) is 19.6 Å². The molecule has 2 N–H and O–H groups in total. The second kappa shape index (κ2) is 8.98. The molecule has 27 heavy (non-hydrogen) atoms. The molecule has 3 rings (SSSR count). The number of hydrogen-bond donors (Lipinski definition) is 2. The summed E-state index contributed by atoms with van der Waals surface area (Å²) in [6.07, 6.45) is 4.35. The van der Waals surface area contributed by atoms with Crippen LogP contribution in [0.2, 0.25) is 0 Å². The van der Waals surface area contributed by atoms with Crippen LogP contribution in [0.5, 0.6) is 0 Å². The molecular weight excluding hydrogens is 342 g/mol. The maximum Gasteiger partial charge on any atom is 0.214 e. The molecule has 0 saturated carbocycles. The number of aromatic nitrogens is 4. The van der Waals surface area contributed by atoms with Crippen LogP contribution in [0.3, 0.4) is 0 Å². The minimum atomic E-state index is 0.457. The number of nitrogens with zero attached hydrogens (tertiary/aromatic N) is 5. The first kappa shape index (κ1) is 18.6. The summed E-state index contributed by atoms with van der Waals surface area (Å²) in [5.74, 6) is 3.04. The number of oxazole rings is 1. The lowest BCUT2D eigenvalue weighted by Crippen LogP contribution is -2.38. The van der Waals surface area contributed by atoms with Crippen molar-refractivity contribution < 1.29 is 4.42 Å². The van der Waals surface area contributed by atoms with Gasteiger partial charge in [0.15, 0.2) is 11.7 Å². The molecule has 0 amide bonds. The highest BCUT2D eigenvalue weighted by Gasteiger charge is 2.07. The van der Waals surface area contributed by atoms with Crippen molar-refractivity contribution in [3.05, 3.63) is 54.1 Å². The highest BCUT2D eigenvalue weighted by atomic mass is 16.4. The second-order valence-electron chi connectivity index (χ2n) is 6.13. The van der Waals surface area contributed by atoms with Gasteiger partial charge in [0, 0.05) is 32.1 Å². The van der Waals surface area contributed by atoms with Crippen LogP contribution in [-0.2, 0) is 19.5 Å². The molecule has 0 bridgehead atoms. The van der Waals surface area contributed by atoms with Gasteiger partial charge in [0.2, 0.25) is 5.89 Å². The van der Waals surface area contributed by atoms with Gasteiger partial charge in [-0.1, -0.05) is 36.8 Å². The molecule has 0 aliphatic rings. The van der Waals surface area contributed by atoms with Gasteiger partial charge in [-0.2, -0.15) is 0 Å². The normalized spacial score (nSPS) is 11.6. The highest BCUT2D eigenvalue weighted by Crippen LogP contribution is 2.20. The first-order valence-electron chi connectivity index (χ1n) is 9.02. The molecule has 3 aromatic rings. The van der Waals surface area contributed by atoms with E-state index in [0.717, 1.165) is 30.1 Å². The largest absolute Gasteiger partial charge is 0.439 e. The Balaban J connectivity index is 1.49. The van der Waals surface area contributed by atoms with Crippen molar-refractivity contribution in [2.75, 3.05) is 13.6 Å². The number of rotatable bonds is 7. The lowest BCUT2D eigenvalue weighted by atomic mass is 10.1. The molecule has 0 saturated heterocycles. The molecule has 1 aromatic carbocycles. The van der Waals surface area contributed by atoms with E-state index in [9.17, 15) is 0 Å². The summed E-state index contributed by atoms with van der Waals surface area (Å²) in [7, 11) is 1.73. The summed E-state index contributed by atoms with van der Waals surface area (Å²) in [6, 6.07) is 8.18. The lowest BCUT2D eigenvalue weighted by Gasteiger charge is -2.11. The summed E-state index contributed by atoms with van der Waals surface area (Å²) in [4.78, 5) is 8.56. The van der Waals surface area contributed by atoms with Gasteiger partial charge in [-0.05, 0) is 6.92 Å². The minimum Gasteiger partial charge on any atom is -0.439 e. The smallest absolute Gasteiger partial charge is 0.214 e. The van der Waals surface area contributed by atoms with Gasteiger partial charge in [-0.25, -0.2) is 4.98 Å². The van der Waals surface area contributed by atoms with Gasteiger partial charge in [-0.3, -0.25) is 4.99 Å². The number of aryl methyl sites for hydroxylation is 2. The van der Waals surface area contributed by atoms with Crippen molar-refractivity contribution in [2.45, 2.75) is 33.4 Å². The average Bonchev–Trinajstić information content (AvgIpc) is 3.34. The summed E-state index contributed by atoms with van der Waals surface area (Å²) >= 11 is 0. The van der Waals surface area contributed by atoms with E-state index in [1.807, 2.05) is 16.7 Å². The number of aliphatic imine (C=N–C) groups is 1. The van der Waals surface area contributed by atoms with E-state index >= 15 is 0 Å². The van der Waals surface area contributed by atoms with Gasteiger partial charge in [0.1, 0.15) is 12.2 Å².